The lowest BCUT2D eigenvalue weighted by Gasteiger charge is -2.48. The van der Waals surface area contributed by atoms with Gasteiger partial charge in [-0.3, -0.25) is 0 Å². The SMILES string of the molecule is CC1(C)C(Br)CC1Oc1cc(F)cc(F)c1. The first-order chi connectivity index (χ1) is 7.39. The lowest BCUT2D eigenvalue weighted by molar-refractivity contribution is -0.00815. The molecular formula is C12H13BrF2O. The second-order valence-corrected chi connectivity index (χ2v) is 5.84. The highest BCUT2D eigenvalue weighted by molar-refractivity contribution is 9.09. The van der Waals surface area contributed by atoms with Crippen molar-refractivity contribution in [1.82, 2.24) is 0 Å². The van der Waals surface area contributed by atoms with E-state index in [-0.39, 0.29) is 17.3 Å². The molecule has 0 spiro atoms. The first-order valence-corrected chi connectivity index (χ1v) is 6.08. The van der Waals surface area contributed by atoms with Crippen molar-refractivity contribution in [3.8, 4) is 5.75 Å². The largest absolute Gasteiger partial charge is 0.490 e. The van der Waals surface area contributed by atoms with E-state index in [4.69, 9.17) is 4.74 Å². The van der Waals surface area contributed by atoms with Crippen molar-refractivity contribution in [3.05, 3.63) is 29.8 Å². The minimum atomic E-state index is -0.609. The third kappa shape index (κ3) is 2.08. The van der Waals surface area contributed by atoms with Crippen LogP contribution < -0.4 is 4.74 Å². The molecule has 1 saturated carbocycles. The van der Waals surface area contributed by atoms with E-state index in [2.05, 4.69) is 29.8 Å². The van der Waals surface area contributed by atoms with E-state index in [0.29, 0.717) is 4.83 Å². The van der Waals surface area contributed by atoms with Crippen molar-refractivity contribution in [2.24, 2.45) is 5.41 Å². The molecule has 1 nitrogen and oxygen atoms in total. The molecular weight excluding hydrogens is 278 g/mol. The smallest absolute Gasteiger partial charge is 0.129 e. The molecule has 2 unspecified atom stereocenters. The molecule has 0 N–H and O–H groups in total. The van der Waals surface area contributed by atoms with Gasteiger partial charge in [-0.05, 0) is 6.42 Å². The van der Waals surface area contributed by atoms with Gasteiger partial charge in [0.2, 0.25) is 0 Å². The van der Waals surface area contributed by atoms with Crippen molar-refractivity contribution < 1.29 is 13.5 Å². The molecule has 0 amide bonds. The van der Waals surface area contributed by atoms with Gasteiger partial charge in [0.1, 0.15) is 23.5 Å². The maximum atomic E-state index is 12.9. The molecule has 88 valence electrons. The predicted octanol–water partition coefficient (Wildman–Crippen LogP) is 3.91. The van der Waals surface area contributed by atoms with E-state index in [9.17, 15) is 8.78 Å². The summed E-state index contributed by atoms with van der Waals surface area (Å²) in [5.41, 5.74) is -0.0111. The van der Waals surface area contributed by atoms with Gasteiger partial charge < -0.3 is 4.74 Å². The van der Waals surface area contributed by atoms with Gasteiger partial charge in [-0.25, -0.2) is 8.78 Å². The van der Waals surface area contributed by atoms with Gasteiger partial charge in [0.15, 0.2) is 0 Å². The van der Waals surface area contributed by atoms with Crippen LogP contribution in [0.2, 0.25) is 0 Å². The van der Waals surface area contributed by atoms with Gasteiger partial charge in [-0.1, -0.05) is 29.8 Å². The molecule has 0 aliphatic heterocycles. The Morgan fingerprint density at radius 2 is 1.81 bits per heavy atom. The first-order valence-electron chi connectivity index (χ1n) is 5.16. The van der Waals surface area contributed by atoms with E-state index in [1.165, 1.54) is 12.1 Å². The van der Waals surface area contributed by atoms with Crippen LogP contribution in [0.1, 0.15) is 20.3 Å². The van der Waals surface area contributed by atoms with Crippen LogP contribution in [0.15, 0.2) is 18.2 Å². The Kier molecular flexibility index (Phi) is 2.95. The average molecular weight is 291 g/mol. The Balaban J connectivity index is 2.11. The summed E-state index contributed by atoms with van der Waals surface area (Å²) < 4.78 is 31.5. The summed E-state index contributed by atoms with van der Waals surface area (Å²) >= 11 is 3.54. The molecule has 2 rings (SSSR count). The van der Waals surface area contributed by atoms with Crippen molar-refractivity contribution in [3.63, 3.8) is 0 Å². The highest BCUT2D eigenvalue weighted by Gasteiger charge is 2.48. The number of hydrogen-bond donors (Lipinski definition) is 0. The highest BCUT2D eigenvalue weighted by Crippen LogP contribution is 2.47. The zero-order valence-electron chi connectivity index (χ0n) is 9.14. The van der Waals surface area contributed by atoms with E-state index in [1.807, 2.05) is 0 Å². The van der Waals surface area contributed by atoms with Crippen LogP contribution in [0.3, 0.4) is 0 Å². The standard InChI is InChI=1S/C12H13BrF2O/c1-12(2)10(13)6-11(12)16-9-4-7(14)3-8(15)5-9/h3-5,10-11H,6H2,1-2H3. The topological polar surface area (TPSA) is 9.23 Å². The lowest BCUT2D eigenvalue weighted by Crippen LogP contribution is -2.53. The van der Waals surface area contributed by atoms with Crippen LogP contribution in [0.5, 0.6) is 5.75 Å². The van der Waals surface area contributed by atoms with E-state index < -0.39 is 11.6 Å². The predicted molar refractivity (Wildman–Crippen MR) is 61.9 cm³/mol. The summed E-state index contributed by atoms with van der Waals surface area (Å²) in [7, 11) is 0. The Morgan fingerprint density at radius 1 is 1.25 bits per heavy atom. The second kappa shape index (κ2) is 3.99. The maximum absolute atomic E-state index is 12.9. The normalized spacial score (nSPS) is 27.3. The van der Waals surface area contributed by atoms with Crippen LogP contribution in [-0.4, -0.2) is 10.9 Å². The molecule has 1 aromatic rings. The number of benzene rings is 1. The number of halogens is 3. The van der Waals surface area contributed by atoms with Crippen molar-refractivity contribution in [2.45, 2.75) is 31.2 Å². The first kappa shape index (κ1) is 11.8. The van der Waals surface area contributed by atoms with Gasteiger partial charge in [-0.15, -0.1) is 0 Å². The van der Waals surface area contributed by atoms with Crippen LogP contribution >= 0.6 is 15.9 Å². The Hall–Kier alpha value is -0.640. The molecule has 0 saturated heterocycles. The molecule has 1 fully saturated rings. The molecule has 1 aliphatic carbocycles. The summed E-state index contributed by atoms with van der Waals surface area (Å²) in [6.07, 6.45) is 0.851. The molecule has 4 heteroatoms. The van der Waals surface area contributed by atoms with Crippen LogP contribution in [0.4, 0.5) is 8.78 Å². The molecule has 16 heavy (non-hydrogen) atoms. The Bertz CT molecular complexity index is 386. The minimum Gasteiger partial charge on any atom is -0.490 e. The number of hydrogen-bond acceptors (Lipinski definition) is 1. The molecule has 0 aromatic heterocycles. The summed E-state index contributed by atoms with van der Waals surface area (Å²) in [5, 5.41) is 0. The lowest BCUT2D eigenvalue weighted by atomic mass is 9.69. The number of rotatable bonds is 2. The highest BCUT2D eigenvalue weighted by atomic mass is 79.9. The summed E-state index contributed by atoms with van der Waals surface area (Å²) in [5.74, 6) is -0.958. The third-order valence-corrected chi connectivity index (χ3v) is 4.73. The molecule has 1 aromatic carbocycles. The Morgan fingerprint density at radius 3 is 2.25 bits per heavy atom. The quantitative estimate of drug-likeness (QED) is 0.751. The summed E-state index contributed by atoms with van der Waals surface area (Å²) in [6.45, 7) is 4.13. The fourth-order valence-corrected chi connectivity index (χ4v) is 2.43. The van der Waals surface area contributed by atoms with E-state index >= 15 is 0 Å². The maximum Gasteiger partial charge on any atom is 0.129 e. The number of alkyl halides is 1. The fraction of sp³-hybridized carbons (Fsp3) is 0.500. The second-order valence-electron chi connectivity index (χ2n) is 4.74. The van der Waals surface area contributed by atoms with Crippen LogP contribution in [-0.2, 0) is 0 Å². The monoisotopic (exact) mass is 290 g/mol. The Labute approximate surface area is 102 Å². The zero-order chi connectivity index (χ0) is 11.9. The van der Waals surface area contributed by atoms with Crippen molar-refractivity contribution in [1.29, 1.82) is 0 Å². The van der Waals surface area contributed by atoms with Gasteiger partial charge >= 0.3 is 0 Å². The molecule has 0 bridgehead atoms. The van der Waals surface area contributed by atoms with Gasteiger partial charge in [0.25, 0.3) is 0 Å². The van der Waals surface area contributed by atoms with Gasteiger partial charge in [0.05, 0.1) is 0 Å². The molecule has 1 aliphatic rings. The third-order valence-electron chi connectivity index (χ3n) is 3.17. The minimum absolute atomic E-state index is 0.00178. The van der Waals surface area contributed by atoms with Crippen LogP contribution in [0.25, 0.3) is 0 Å². The number of ether oxygens (including phenoxy) is 1. The fourth-order valence-electron chi connectivity index (χ4n) is 1.80. The van der Waals surface area contributed by atoms with E-state index in [1.54, 1.807) is 0 Å². The molecule has 2 atom stereocenters. The van der Waals surface area contributed by atoms with Crippen LogP contribution in [0, 0.1) is 17.0 Å². The van der Waals surface area contributed by atoms with Gasteiger partial charge in [-0.2, -0.15) is 0 Å². The molecule has 0 radical (unpaired) electrons. The summed E-state index contributed by atoms with van der Waals surface area (Å²) in [6, 6.07) is 3.26. The zero-order valence-corrected chi connectivity index (χ0v) is 10.7. The summed E-state index contributed by atoms with van der Waals surface area (Å²) in [4.78, 5) is 0.392. The van der Waals surface area contributed by atoms with Crippen molar-refractivity contribution in [2.75, 3.05) is 0 Å². The molecule has 0 heterocycles. The average Bonchev–Trinajstić information content (AvgIpc) is 2.15. The van der Waals surface area contributed by atoms with Gasteiger partial charge in [0, 0.05) is 28.4 Å². The van der Waals surface area contributed by atoms with Crippen molar-refractivity contribution >= 4 is 15.9 Å². The van der Waals surface area contributed by atoms with E-state index in [0.717, 1.165) is 12.5 Å².